The molecule has 0 radical (unpaired) electrons. The van der Waals surface area contributed by atoms with Gasteiger partial charge in [0.05, 0.1) is 18.6 Å². The Morgan fingerprint density at radius 1 is 1.23 bits per heavy atom. The van der Waals surface area contributed by atoms with E-state index >= 15 is 0 Å². The monoisotopic (exact) mass is 370 g/mol. The second-order valence-corrected chi connectivity index (χ2v) is 6.96. The maximum atomic E-state index is 12.1. The van der Waals surface area contributed by atoms with Crippen molar-refractivity contribution in [3.05, 3.63) is 54.3 Å². The van der Waals surface area contributed by atoms with Crippen LogP contribution in [0.5, 0.6) is 0 Å². The highest BCUT2D eigenvalue weighted by Crippen LogP contribution is 2.25. The van der Waals surface area contributed by atoms with E-state index in [1.54, 1.807) is 6.26 Å². The summed E-state index contributed by atoms with van der Waals surface area (Å²) < 4.78 is 7.47. The van der Waals surface area contributed by atoms with Crippen LogP contribution in [-0.2, 0) is 11.3 Å². The van der Waals surface area contributed by atoms with Crippen molar-refractivity contribution in [3.63, 3.8) is 0 Å². The largest absolute Gasteiger partial charge is 0.461 e. The summed E-state index contributed by atoms with van der Waals surface area (Å²) in [5, 5.41) is 12.2. The number of hydrogen-bond acceptors (Lipinski definition) is 5. The fourth-order valence-electron chi connectivity index (χ4n) is 2.44. The summed E-state index contributed by atoms with van der Waals surface area (Å²) in [6, 6.07) is 13.9. The van der Waals surface area contributed by atoms with Crippen molar-refractivity contribution >= 4 is 17.7 Å². The summed E-state index contributed by atoms with van der Waals surface area (Å²) in [7, 11) is 0. The minimum Gasteiger partial charge on any atom is -0.461 e. The summed E-state index contributed by atoms with van der Waals surface area (Å²) in [6.07, 6.45) is 2.52. The van der Waals surface area contributed by atoms with Gasteiger partial charge >= 0.3 is 0 Å². The number of nitrogens with zero attached hydrogens (tertiary/aromatic N) is 3. The third kappa shape index (κ3) is 4.54. The molecule has 0 aliphatic heterocycles. The number of rotatable bonds is 8. The summed E-state index contributed by atoms with van der Waals surface area (Å²) >= 11 is 1.38. The van der Waals surface area contributed by atoms with Crippen molar-refractivity contribution in [1.82, 2.24) is 20.1 Å². The van der Waals surface area contributed by atoms with E-state index in [9.17, 15) is 4.79 Å². The van der Waals surface area contributed by atoms with Crippen molar-refractivity contribution in [2.45, 2.75) is 38.0 Å². The van der Waals surface area contributed by atoms with Crippen LogP contribution >= 0.6 is 11.8 Å². The molecular formula is C19H22N4O2S. The Hall–Kier alpha value is -2.54. The van der Waals surface area contributed by atoms with E-state index in [1.807, 2.05) is 48.7 Å². The van der Waals surface area contributed by atoms with Crippen molar-refractivity contribution < 1.29 is 9.21 Å². The molecule has 26 heavy (non-hydrogen) atoms. The Balaban J connectivity index is 1.80. The highest BCUT2D eigenvalue weighted by atomic mass is 32.2. The molecule has 0 bridgehead atoms. The van der Waals surface area contributed by atoms with Gasteiger partial charge in [0.25, 0.3) is 0 Å². The molecule has 0 spiro atoms. The number of benzene rings is 1. The van der Waals surface area contributed by atoms with Crippen molar-refractivity contribution in [3.8, 4) is 11.6 Å². The van der Waals surface area contributed by atoms with Crippen LogP contribution in [0.3, 0.4) is 0 Å². The number of carbonyl (C=O) groups is 1. The summed E-state index contributed by atoms with van der Waals surface area (Å²) in [5.41, 5.74) is 1.13. The van der Waals surface area contributed by atoms with Crippen LogP contribution in [0.15, 0.2) is 58.3 Å². The molecule has 2 aromatic heterocycles. The van der Waals surface area contributed by atoms with Crippen LogP contribution in [-0.4, -0.2) is 32.5 Å². The van der Waals surface area contributed by atoms with Crippen LogP contribution in [0.25, 0.3) is 11.6 Å². The molecule has 0 saturated heterocycles. The highest BCUT2D eigenvalue weighted by molar-refractivity contribution is 7.99. The van der Waals surface area contributed by atoms with Gasteiger partial charge in [0.15, 0.2) is 10.9 Å². The van der Waals surface area contributed by atoms with Crippen molar-refractivity contribution in [1.29, 1.82) is 0 Å². The fourth-order valence-corrected chi connectivity index (χ4v) is 3.19. The third-order valence-electron chi connectivity index (χ3n) is 3.99. The van der Waals surface area contributed by atoms with Gasteiger partial charge in [-0.05, 0) is 31.0 Å². The van der Waals surface area contributed by atoms with Gasteiger partial charge in [0, 0.05) is 6.04 Å². The van der Waals surface area contributed by atoms with E-state index in [2.05, 4.69) is 27.6 Å². The minimum atomic E-state index is -0.00170. The van der Waals surface area contributed by atoms with Crippen molar-refractivity contribution in [2.24, 2.45) is 0 Å². The molecule has 6 nitrogen and oxygen atoms in total. The average Bonchev–Trinajstić information content (AvgIpc) is 3.30. The molecule has 0 saturated carbocycles. The maximum absolute atomic E-state index is 12.1. The van der Waals surface area contributed by atoms with E-state index in [0.717, 1.165) is 12.0 Å². The van der Waals surface area contributed by atoms with E-state index in [1.165, 1.54) is 11.8 Å². The topological polar surface area (TPSA) is 73.0 Å². The Morgan fingerprint density at radius 3 is 2.73 bits per heavy atom. The van der Waals surface area contributed by atoms with Crippen LogP contribution in [0.4, 0.5) is 0 Å². The minimum absolute atomic E-state index is 0.00170. The first kappa shape index (κ1) is 18.3. The maximum Gasteiger partial charge on any atom is 0.230 e. The molecule has 0 aliphatic rings. The predicted octanol–water partition coefficient (Wildman–Crippen LogP) is 3.59. The lowest BCUT2D eigenvalue weighted by atomic mass is 10.2. The van der Waals surface area contributed by atoms with E-state index in [-0.39, 0.29) is 11.9 Å². The smallest absolute Gasteiger partial charge is 0.230 e. The number of hydrogen-bond donors (Lipinski definition) is 1. The van der Waals surface area contributed by atoms with Gasteiger partial charge in [0.1, 0.15) is 0 Å². The molecule has 3 aromatic rings. The number of thioether (sulfide) groups is 1. The normalized spacial score (nSPS) is 12.1. The highest BCUT2D eigenvalue weighted by Gasteiger charge is 2.18. The second-order valence-electron chi connectivity index (χ2n) is 6.02. The second kappa shape index (κ2) is 8.71. The average molecular weight is 370 g/mol. The van der Waals surface area contributed by atoms with Crippen molar-refractivity contribution in [2.75, 3.05) is 5.75 Å². The van der Waals surface area contributed by atoms with E-state index in [4.69, 9.17) is 4.42 Å². The van der Waals surface area contributed by atoms with Gasteiger partial charge in [-0.3, -0.25) is 9.36 Å². The summed E-state index contributed by atoms with van der Waals surface area (Å²) in [4.78, 5) is 12.1. The number of furan rings is 1. The Labute approximate surface area is 157 Å². The lowest BCUT2D eigenvalue weighted by molar-refractivity contribution is -0.119. The van der Waals surface area contributed by atoms with Gasteiger partial charge in [-0.25, -0.2) is 0 Å². The zero-order valence-electron chi connectivity index (χ0n) is 14.9. The Morgan fingerprint density at radius 2 is 2.04 bits per heavy atom. The van der Waals surface area contributed by atoms with E-state index in [0.29, 0.717) is 29.0 Å². The van der Waals surface area contributed by atoms with Crippen LogP contribution in [0.1, 0.15) is 25.8 Å². The van der Waals surface area contributed by atoms with E-state index < -0.39 is 0 Å². The van der Waals surface area contributed by atoms with Gasteiger partial charge in [-0.2, -0.15) is 0 Å². The molecule has 3 rings (SSSR count). The first-order valence-electron chi connectivity index (χ1n) is 8.60. The molecule has 0 fully saturated rings. The molecule has 1 aromatic carbocycles. The quantitative estimate of drug-likeness (QED) is 0.614. The molecule has 7 heteroatoms. The number of nitrogens with one attached hydrogen (secondary N) is 1. The molecule has 136 valence electrons. The zero-order chi connectivity index (χ0) is 18.4. The van der Waals surface area contributed by atoms with Gasteiger partial charge in [-0.1, -0.05) is 49.0 Å². The van der Waals surface area contributed by atoms with Crippen LogP contribution in [0.2, 0.25) is 0 Å². The first-order valence-corrected chi connectivity index (χ1v) is 9.59. The molecule has 1 amide bonds. The van der Waals surface area contributed by atoms with Gasteiger partial charge in [-0.15, -0.1) is 10.2 Å². The standard InChI is InChI=1S/C19H22N4O2S/c1-3-14(2)20-17(24)13-26-19-22-21-18(16-10-7-11-25-16)23(19)12-15-8-5-4-6-9-15/h4-11,14H,3,12-13H2,1-2H3,(H,20,24)/t14-/m1/s1. The molecule has 1 N–H and O–H groups in total. The van der Waals surface area contributed by atoms with Gasteiger partial charge < -0.3 is 9.73 Å². The zero-order valence-corrected chi connectivity index (χ0v) is 15.7. The lowest BCUT2D eigenvalue weighted by Gasteiger charge is -2.12. The lowest BCUT2D eigenvalue weighted by Crippen LogP contribution is -2.33. The van der Waals surface area contributed by atoms with Crippen LogP contribution in [0, 0.1) is 0 Å². The summed E-state index contributed by atoms with van der Waals surface area (Å²) in [5.74, 6) is 1.61. The Kier molecular flexibility index (Phi) is 6.12. The molecule has 1 atom stereocenters. The Bertz CT molecular complexity index is 831. The molecule has 0 unspecified atom stereocenters. The number of amides is 1. The van der Waals surface area contributed by atoms with Gasteiger partial charge in [0.2, 0.25) is 11.7 Å². The number of carbonyl (C=O) groups excluding carboxylic acids is 1. The molecule has 2 heterocycles. The first-order chi connectivity index (χ1) is 12.7. The van der Waals surface area contributed by atoms with Crippen LogP contribution < -0.4 is 5.32 Å². The fraction of sp³-hybridized carbons (Fsp3) is 0.316. The molecular weight excluding hydrogens is 348 g/mol. The SMILES string of the molecule is CC[C@@H](C)NC(=O)CSc1nnc(-c2ccco2)n1Cc1ccccc1. The third-order valence-corrected chi connectivity index (χ3v) is 4.96. The number of aromatic nitrogens is 3. The summed E-state index contributed by atoms with van der Waals surface area (Å²) in [6.45, 7) is 4.65. The molecule has 0 aliphatic carbocycles. The predicted molar refractivity (Wildman–Crippen MR) is 102 cm³/mol.